The quantitative estimate of drug-likeness (QED) is 0.121. The first-order valence-corrected chi connectivity index (χ1v) is 18.0. The zero-order chi connectivity index (χ0) is 38.5. The Balaban J connectivity index is 1.22. The van der Waals surface area contributed by atoms with Crippen LogP contribution in [0.4, 0.5) is 9.59 Å². The molecule has 1 aliphatic heterocycles. The van der Waals surface area contributed by atoms with Crippen LogP contribution in [0.25, 0.3) is 44.2 Å². The first kappa shape index (κ1) is 37.6. The minimum absolute atomic E-state index is 0.104. The summed E-state index contributed by atoms with van der Waals surface area (Å²) in [6.45, 7) is 9.13. The summed E-state index contributed by atoms with van der Waals surface area (Å²) in [6, 6.07) is 14.3. The van der Waals surface area contributed by atoms with Crippen molar-refractivity contribution in [2.75, 3.05) is 33.9 Å². The van der Waals surface area contributed by atoms with E-state index in [-0.39, 0.29) is 50.0 Å². The molecular formula is C39H46N8O7. The Kier molecular flexibility index (Phi) is 11.3. The summed E-state index contributed by atoms with van der Waals surface area (Å²) >= 11 is 0. The Bertz CT molecular complexity index is 2190. The Morgan fingerprint density at radius 1 is 0.889 bits per heavy atom. The van der Waals surface area contributed by atoms with Crippen LogP contribution in [0.5, 0.6) is 5.75 Å². The summed E-state index contributed by atoms with van der Waals surface area (Å²) in [5.41, 5.74) is 6.45. The maximum absolute atomic E-state index is 13.2. The molecule has 0 unspecified atom stereocenters. The second-order valence-electron chi connectivity index (χ2n) is 13.6. The van der Waals surface area contributed by atoms with Gasteiger partial charge in [0.05, 0.1) is 50.2 Å². The molecule has 0 saturated carbocycles. The molecule has 5 aromatic rings. The van der Waals surface area contributed by atoms with Gasteiger partial charge in [-0.15, -0.1) is 0 Å². The molecular weight excluding hydrogens is 692 g/mol. The predicted molar refractivity (Wildman–Crippen MR) is 202 cm³/mol. The number of aromatic nitrogens is 4. The number of ether oxygens (including phenoxy) is 3. The number of nitrogens with one attached hydrogen (secondary N) is 4. The second kappa shape index (κ2) is 16.3. The summed E-state index contributed by atoms with van der Waals surface area (Å²) in [5.74, 6) is 1.74. The van der Waals surface area contributed by atoms with E-state index in [4.69, 9.17) is 9.72 Å². The Morgan fingerprint density at radius 3 is 2.33 bits per heavy atom. The second-order valence-corrected chi connectivity index (χ2v) is 13.6. The molecule has 284 valence electrons. The van der Waals surface area contributed by atoms with Gasteiger partial charge < -0.3 is 44.6 Å². The molecule has 1 aliphatic rings. The van der Waals surface area contributed by atoms with Crippen molar-refractivity contribution in [2.24, 2.45) is 5.92 Å². The van der Waals surface area contributed by atoms with E-state index >= 15 is 0 Å². The number of imidazole rings is 2. The topological polar surface area (TPSA) is 184 Å². The summed E-state index contributed by atoms with van der Waals surface area (Å²) in [7, 11) is 2.51. The standard InChI is InChI=1S/C39H46N8O7/c1-7-12-46(35(48)17-41-38(50)52-5)19-33-40-16-31(44-33)25-8-10-27-26(13-25)21-54-32-15-28-24(14-29(27)32)9-11-30-37(28)45-34(43-30)20-47(23(4)22(2)3)36(49)18-42-39(51)53-6/h8-11,13-16,22-23H,7,12,17-21H2,1-6H3,(H,40,44)(H,41,50)(H,42,51)(H,43,45)/t23-/m1/s1. The lowest BCUT2D eigenvalue weighted by atomic mass is 9.92. The van der Waals surface area contributed by atoms with Crippen molar-refractivity contribution in [2.45, 2.75) is 59.9 Å². The molecule has 4 N–H and O–H groups in total. The average Bonchev–Trinajstić information content (AvgIpc) is 3.83. The third-order valence-corrected chi connectivity index (χ3v) is 9.76. The molecule has 15 heteroatoms. The van der Waals surface area contributed by atoms with E-state index in [2.05, 4.69) is 53.3 Å². The molecule has 54 heavy (non-hydrogen) atoms. The highest BCUT2D eigenvalue weighted by atomic mass is 16.5. The summed E-state index contributed by atoms with van der Waals surface area (Å²) in [6.07, 6.45) is 1.19. The zero-order valence-corrected chi connectivity index (χ0v) is 31.4. The number of amides is 4. The summed E-state index contributed by atoms with van der Waals surface area (Å²) < 4.78 is 15.5. The van der Waals surface area contributed by atoms with Crippen molar-refractivity contribution in [3.05, 3.63) is 65.9 Å². The number of H-pyrrole nitrogens is 2. The highest BCUT2D eigenvalue weighted by Gasteiger charge is 2.26. The normalized spacial score (nSPS) is 12.4. The SMILES string of the molecule is CCCN(Cc1ncc(-c2ccc3c(c2)COc2cc4c(ccc5[nH]c(CN(C(=O)CNC(=O)OC)[C@H](C)C(C)C)nc54)cc2-3)[nH]1)C(=O)CNC(=O)OC. The van der Waals surface area contributed by atoms with Crippen LogP contribution < -0.4 is 15.4 Å². The van der Waals surface area contributed by atoms with Crippen LogP contribution in [0.3, 0.4) is 0 Å². The van der Waals surface area contributed by atoms with E-state index in [1.807, 2.05) is 52.0 Å². The van der Waals surface area contributed by atoms with Crippen molar-refractivity contribution >= 4 is 45.8 Å². The lowest BCUT2D eigenvalue weighted by molar-refractivity contribution is -0.134. The van der Waals surface area contributed by atoms with Gasteiger partial charge in [-0.3, -0.25) is 9.59 Å². The first-order chi connectivity index (χ1) is 26.0. The minimum Gasteiger partial charge on any atom is -0.488 e. The van der Waals surface area contributed by atoms with Gasteiger partial charge in [-0.05, 0) is 65.6 Å². The molecule has 0 saturated heterocycles. The monoisotopic (exact) mass is 738 g/mol. The van der Waals surface area contributed by atoms with Crippen LogP contribution in [0.1, 0.15) is 51.3 Å². The fourth-order valence-corrected chi connectivity index (χ4v) is 6.55. The number of hydrogen-bond donors (Lipinski definition) is 4. The predicted octanol–water partition coefficient (Wildman–Crippen LogP) is 5.49. The molecule has 6 rings (SSSR count). The van der Waals surface area contributed by atoms with Crippen molar-refractivity contribution in [1.29, 1.82) is 0 Å². The van der Waals surface area contributed by atoms with E-state index in [9.17, 15) is 19.2 Å². The van der Waals surface area contributed by atoms with Crippen molar-refractivity contribution in [3.63, 3.8) is 0 Å². The number of alkyl carbamates (subject to hydrolysis) is 2. The molecule has 0 spiro atoms. The van der Waals surface area contributed by atoms with Gasteiger partial charge in [0.1, 0.15) is 37.1 Å². The number of aromatic amines is 2. The average molecular weight is 739 g/mol. The third-order valence-electron chi connectivity index (χ3n) is 9.76. The lowest BCUT2D eigenvalue weighted by Crippen LogP contribution is -2.46. The molecule has 4 amide bonds. The van der Waals surface area contributed by atoms with E-state index in [0.29, 0.717) is 24.8 Å². The molecule has 15 nitrogen and oxygen atoms in total. The van der Waals surface area contributed by atoms with Crippen molar-refractivity contribution < 1.29 is 33.4 Å². The van der Waals surface area contributed by atoms with Crippen LogP contribution in [0, 0.1) is 5.92 Å². The smallest absolute Gasteiger partial charge is 0.407 e. The summed E-state index contributed by atoms with van der Waals surface area (Å²) in [4.78, 5) is 68.6. The van der Waals surface area contributed by atoms with Crippen molar-refractivity contribution in [3.8, 4) is 28.1 Å². The maximum atomic E-state index is 13.2. The largest absolute Gasteiger partial charge is 0.488 e. The fourth-order valence-electron chi connectivity index (χ4n) is 6.55. The van der Waals surface area contributed by atoms with Gasteiger partial charge in [0.15, 0.2) is 0 Å². The van der Waals surface area contributed by atoms with E-state index in [0.717, 1.165) is 61.9 Å². The van der Waals surface area contributed by atoms with Crippen LogP contribution in [0.15, 0.2) is 48.7 Å². The number of methoxy groups -OCH3 is 2. The number of fused-ring (bicyclic) bond motifs is 6. The Hall–Kier alpha value is -6.12. The van der Waals surface area contributed by atoms with E-state index in [1.165, 1.54) is 14.2 Å². The fraction of sp³-hybridized carbons (Fsp3) is 0.385. The molecule has 3 heterocycles. The van der Waals surface area contributed by atoms with Gasteiger partial charge in [0.2, 0.25) is 11.8 Å². The third kappa shape index (κ3) is 8.09. The summed E-state index contributed by atoms with van der Waals surface area (Å²) in [5, 5.41) is 6.85. The highest BCUT2D eigenvalue weighted by molar-refractivity contribution is 6.07. The van der Waals surface area contributed by atoms with Gasteiger partial charge in [0, 0.05) is 23.5 Å². The molecule has 0 aliphatic carbocycles. The van der Waals surface area contributed by atoms with E-state index in [1.54, 1.807) is 16.0 Å². The maximum Gasteiger partial charge on any atom is 0.407 e. The molecule has 0 bridgehead atoms. The number of benzene rings is 3. The molecule has 2 aromatic heterocycles. The van der Waals surface area contributed by atoms with Crippen LogP contribution in [-0.4, -0.2) is 93.6 Å². The van der Waals surface area contributed by atoms with Crippen LogP contribution in [0.2, 0.25) is 0 Å². The molecule has 1 atom stereocenters. The Morgan fingerprint density at radius 2 is 1.63 bits per heavy atom. The van der Waals surface area contributed by atoms with Gasteiger partial charge in [-0.2, -0.15) is 0 Å². The van der Waals surface area contributed by atoms with Crippen LogP contribution in [-0.2, 0) is 38.8 Å². The van der Waals surface area contributed by atoms with Crippen LogP contribution >= 0.6 is 0 Å². The highest BCUT2D eigenvalue weighted by Crippen LogP contribution is 2.42. The number of nitrogens with zero attached hydrogens (tertiary/aromatic N) is 4. The van der Waals surface area contributed by atoms with E-state index < -0.39 is 12.2 Å². The first-order valence-electron chi connectivity index (χ1n) is 18.0. The number of hydrogen-bond acceptors (Lipinski definition) is 9. The Labute approximate surface area is 312 Å². The van der Waals surface area contributed by atoms with Gasteiger partial charge in [-0.1, -0.05) is 39.0 Å². The molecule has 0 fully saturated rings. The molecule has 3 aromatic carbocycles. The number of carbonyl (C=O) groups is 4. The van der Waals surface area contributed by atoms with Gasteiger partial charge >= 0.3 is 12.2 Å². The van der Waals surface area contributed by atoms with Crippen molar-refractivity contribution in [1.82, 2.24) is 40.4 Å². The lowest BCUT2D eigenvalue weighted by Gasteiger charge is -2.31. The number of rotatable bonds is 13. The number of carbonyl (C=O) groups excluding carboxylic acids is 4. The minimum atomic E-state index is -0.662. The van der Waals surface area contributed by atoms with Gasteiger partial charge in [-0.25, -0.2) is 19.6 Å². The molecule has 0 radical (unpaired) electrons. The zero-order valence-electron chi connectivity index (χ0n) is 31.4. The van der Waals surface area contributed by atoms with Gasteiger partial charge in [0.25, 0.3) is 0 Å².